The number of amides is 3. The summed E-state index contributed by atoms with van der Waals surface area (Å²) in [4.78, 5) is 52.4. The summed E-state index contributed by atoms with van der Waals surface area (Å²) >= 11 is 11.7. The highest BCUT2D eigenvalue weighted by Crippen LogP contribution is 2.23. The van der Waals surface area contributed by atoms with Gasteiger partial charge in [-0.25, -0.2) is 20.6 Å². The van der Waals surface area contributed by atoms with E-state index in [1.54, 1.807) is 24.3 Å². The molecular weight excluding hydrogens is 523 g/mol. The minimum Gasteiger partial charge on any atom is -0.479 e. The lowest BCUT2D eigenvalue weighted by atomic mass is 9.98. The van der Waals surface area contributed by atoms with Crippen LogP contribution in [0.4, 0.5) is 0 Å². The van der Waals surface area contributed by atoms with E-state index in [9.17, 15) is 24.3 Å². The third kappa shape index (κ3) is 7.58. The number of nitrogens with zero attached hydrogens (tertiary/aromatic N) is 2. The molecule has 2 aromatic carbocycles. The molecule has 0 bridgehead atoms. The first-order chi connectivity index (χ1) is 17.5. The Bertz CT molecular complexity index is 1300. The normalized spacial score (nSPS) is 12.3. The van der Waals surface area contributed by atoms with Crippen LogP contribution in [0.3, 0.4) is 0 Å². The number of hydrazine groups is 1. The molecule has 1 heterocycles. The fourth-order valence-electron chi connectivity index (χ4n) is 3.44. The molecule has 0 radical (unpaired) electrons. The molecule has 1 aromatic heterocycles. The van der Waals surface area contributed by atoms with Crippen LogP contribution >= 0.6 is 23.2 Å². The van der Waals surface area contributed by atoms with Gasteiger partial charge in [0.1, 0.15) is 5.15 Å². The molecule has 5 N–H and O–H groups in total. The number of pyridine rings is 1. The fourth-order valence-corrected chi connectivity index (χ4v) is 3.74. The average molecular weight is 545 g/mol. The number of rotatable bonds is 8. The first-order valence-corrected chi connectivity index (χ1v) is 11.6. The summed E-state index contributed by atoms with van der Waals surface area (Å²) in [6.45, 7) is 0. The maximum Gasteiger partial charge on any atom is 0.333 e. The number of aromatic nitrogens is 1. The van der Waals surface area contributed by atoms with Gasteiger partial charge in [-0.15, -0.1) is 0 Å². The zero-order valence-electron chi connectivity index (χ0n) is 19.2. The zero-order valence-corrected chi connectivity index (χ0v) is 20.7. The number of nitrogens with two attached hydrogens (primary N) is 1. The molecule has 3 aromatic rings. The van der Waals surface area contributed by atoms with Crippen LogP contribution in [0.25, 0.3) is 11.1 Å². The second kappa shape index (κ2) is 12.4. The van der Waals surface area contributed by atoms with Crippen molar-refractivity contribution >= 4 is 46.9 Å². The summed E-state index contributed by atoms with van der Waals surface area (Å²) in [5, 5.41) is 22.1. The molecule has 0 fully saturated rings. The van der Waals surface area contributed by atoms with E-state index in [4.69, 9.17) is 34.2 Å². The molecule has 10 nitrogen and oxygen atoms in total. The number of carbonyl (C=O) groups is 4. The van der Waals surface area contributed by atoms with Gasteiger partial charge in [0, 0.05) is 23.7 Å². The van der Waals surface area contributed by atoms with Gasteiger partial charge in [-0.05, 0) is 47.4 Å². The third-order valence-electron chi connectivity index (χ3n) is 5.33. The number of aliphatic carboxylic acids is 1. The Morgan fingerprint density at radius 2 is 1.70 bits per heavy atom. The smallest absolute Gasteiger partial charge is 0.333 e. The first-order valence-electron chi connectivity index (χ1n) is 10.9. The van der Waals surface area contributed by atoms with E-state index in [1.807, 2.05) is 24.3 Å². The zero-order chi connectivity index (χ0) is 27.1. The van der Waals surface area contributed by atoms with Crippen LogP contribution < -0.4 is 11.2 Å². The van der Waals surface area contributed by atoms with Crippen LogP contribution in [-0.2, 0) is 20.8 Å². The SMILES string of the molecule is NN(C(=O)C(=O)N[C@H](Cc1ccc(-c2cccc(Cl)c2)cc1)C[C@@H](O)C(=O)O)C(=O)c1ccc(Cl)nc1. The topological polar surface area (TPSA) is 163 Å². The van der Waals surface area contributed by atoms with E-state index in [1.165, 1.54) is 12.1 Å². The van der Waals surface area contributed by atoms with Crippen LogP contribution in [0, 0.1) is 0 Å². The fraction of sp³-hybridized carbons (Fsp3) is 0.160. The van der Waals surface area contributed by atoms with Crippen LogP contribution in [0.2, 0.25) is 10.2 Å². The number of carboxylic acid groups (broad SMARTS) is 1. The molecule has 0 aliphatic carbocycles. The number of nitrogens with one attached hydrogen (secondary N) is 1. The van der Waals surface area contributed by atoms with E-state index < -0.39 is 42.3 Å². The summed E-state index contributed by atoms with van der Waals surface area (Å²) in [6, 6.07) is 16.0. The number of aliphatic hydroxyl groups excluding tert-OH is 1. The molecule has 0 saturated carbocycles. The number of aliphatic hydroxyl groups is 1. The van der Waals surface area contributed by atoms with Crippen LogP contribution in [0.1, 0.15) is 22.3 Å². The van der Waals surface area contributed by atoms with Gasteiger partial charge < -0.3 is 15.5 Å². The van der Waals surface area contributed by atoms with Crippen LogP contribution in [-0.4, -0.2) is 56.0 Å². The summed E-state index contributed by atoms with van der Waals surface area (Å²) < 4.78 is 0. The van der Waals surface area contributed by atoms with Gasteiger partial charge in [-0.1, -0.05) is 59.6 Å². The van der Waals surface area contributed by atoms with E-state index in [0.717, 1.165) is 17.3 Å². The van der Waals surface area contributed by atoms with Crippen molar-refractivity contribution in [2.45, 2.75) is 25.0 Å². The minimum absolute atomic E-state index is 0.0781. The lowest BCUT2D eigenvalue weighted by Gasteiger charge is -2.21. The Hall–Kier alpha value is -3.83. The van der Waals surface area contributed by atoms with Crippen molar-refractivity contribution in [1.82, 2.24) is 15.3 Å². The van der Waals surface area contributed by atoms with Gasteiger partial charge in [0.25, 0.3) is 5.91 Å². The Morgan fingerprint density at radius 3 is 2.30 bits per heavy atom. The molecule has 0 spiro atoms. The number of imide groups is 1. The highest BCUT2D eigenvalue weighted by molar-refractivity contribution is 6.38. The van der Waals surface area contributed by atoms with Crippen molar-refractivity contribution in [2.24, 2.45) is 5.84 Å². The maximum absolute atomic E-state index is 12.6. The molecule has 37 heavy (non-hydrogen) atoms. The second-order valence-electron chi connectivity index (χ2n) is 8.02. The molecule has 0 aliphatic rings. The van der Waals surface area contributed by atoms with Crippen LogP contribution in [0.15, 0.2) is 66.9 Å². The number of carboxylic acids is 1. The largest absolute Gasteiger partial charge is 0.479 e. The Kier molecular flexibility index (Phi) is 9.31. The lowest BCUT2D eigenvalue weighted by Crippen LogP contribution is -2.52. The minimum atomic E-state index is -1.80. The summed E-state index contributed by atoms with van der Waals surface area (Å²) in [7, 11) is 0. The third-order valence-corrected chi connectivity index (χ3v) is 5.79. The molecule has 12 heteroatoms. The van der Waals surface area contributed by atoms with Crippen molar-refractivity contribution in [2.75, 3.05) is 0 Å². The van der Waals surface area contributed by atoms with Gasteiger partial charge in [-0.2, -0.15) is 0 Å². The van der Waals surface area contributed by atoms with E-state index in [0.29, 0.717) is 10.6 Å². The quantitative estimate of drug-likeness (QED) is 0.110. The van der Waals surface area contributed by atoms with Crippen molar-refractivity contribution in [1.29, 1.82) is 0 Å². The number of carbonyl (C=O) groups excluding carboxylic acids is 3. The molecule has 0 saturated heterocycles. The molecule has 2 atom stereocenters. The van der Waals surface area contributed by atoms with E-state index in [-0.39, 0.29) is 22.1 Å². The summed E-state index contributed by atoms with van der Waals surface area (Å²) in [6.07, 6.45) is -1.03. The Morgan fingerprint density at radius 1 is 1.00 bits per heavy atom. The van der Waals surface area contributed by atoms with Gasteiger partial charge in [0.15, 0.2) is 6.10 Å². The Labute approximate surface area is 221 Å². The van der Waals surface area contributed by atoms with Gasteiger partial charge >= 0.3 is 17.8 Å². The van der Waals surface area contributed by atoms with Crippen molar-refractivity contribution in [3.05, 3.63) is 88.2 Å². The Balaban J connectivity index is 1.72. The summed E-state index contributed by atoms with van der Waals surface area (Å²) in [5.41, 5.74) is 2.38. The predicted molar refractivity (Wildman–Crippen MR) is 135 cm³/mol. The molecule has 3 amide bonds. The highest BCUT2D eigenvalue weighted by Gasteiger charge is 2.29. The molecule has 0 aliphatic heterocycles. The van der Waals surface area contributed by atoms with Gasteiger partial charge in [0.2, 0.25) is 0 Å². The van der Waals surface area contributed by atoms with Crippen molar-refractivity contribution in [3.8, 4) is 11.1 Å². The first kappa shape index (κ1) is 27.8. The monoisotopic (exact) mass is 544 g/mol. The van der Waals surface area contributed by atoms with Crippen LogP contribution in [0.5, 0.6) is 0 Å². The second-order valence-corrected chi connectivity index (χ2v) is 8.85. The number of halogens is 2. The molecule has 3 rings (SSSR count). The molecular formula is C25H22Cl2N4O6. The standard InChI is InChI=1S/C25H22Cl2N4O6/c26-18-3-1-2-16(11-18)15-6-4-14(5-7-15)10-19(12-20(32)25(36)37)30-22(33)24(35)31(28)23(34)17-8-9-21(27)29-13-17/h1-9,11,13,19-20,32H,10,12,28H2,(H,30,33)(H,36,37)/t19-,20-/m1/s1. The average Bonchev–Trinajstić information content (AvgIpc) is 2.88. The summed E-state index contributed by atoms with van der Waals surface area (Å²) in [5.74, 6) is 0.425. The maximum atomic E-state index is 12.6. The van der Waals surface area contributed by atoms with Gasteiger partial charge in [-0.3, -0.25) is 14.4 Å². The van der Waals surface area contributed by atoms with E-state index in [2.05, 4.69) is 10.3 Å². The van der Waals surface area contributed by atoms with Crippen molar-refractivity contribution < 1.29 is 29.4 Å². The van der Waals surface area contributed by atoms with Gasteiger partial charge in [0.05, 0.1) is 5.56 Å². The number of hydrogen-bond donors (Lipinski definition) is 4. The lowest BCUT2D eigenvalue weighted by molar-refractivity contribution is -0.148. The predicted octanol–water partition coefficient (Wildman–Crippen LogP) is 2.46. The highest BCUT2D eigenvalue weighted by atomic mass is 35.5. The number of benzene rings is 2. The number of hydrogen-bond acceptors (Lipinski definition) is 7. The molecule has 192 valence electrons. The van der Waals surface area contributed by atoms with Crippen molar-refractivity contribution in [3.63, 3.8) is 0 Å². The molecule has 0 unspecified atom stereocenters. The van der Waals surface area contributed by atoms with E-state index >= 15 is 0 Å².